The molecule has 0 aliphatic carbocycles. The van der Waals surface area contributed by atoms with E-state index >= 15 is 0 Å². The average molecular weight is 391 g/mol. The summed E-state index contributed by atoms with van der Waals surface area (Å²) >= 11 is 11.3. The van der Waals surface area contributed by atoms with Crippen LogP contribution in [0.5, 0.6) is 0 Å². The highest BCUT2D eigenvalue weighted by Crippen LogP contribution is 2.36. The number of hydrogen-bond acceptors (Lipinski definition) is 2. The number of carbonyl (C=O) groups is 2. The lowest BCUT2D eigenvalue weighted by Crippen LogP contribution is -2.33. The van der Waals surface area contributed by atoms with E-state index in [4.69, 9.17) is 23.2 Å². The van der Waals surface area contributed by atoms with Gasteiger partial charge in [-0.15, -0.1) is 0 Å². The Labute approximate surface area is 150 Å². The topological polar surface area (TPSA) is 58.2 Å². The minimum Gasteiger partial charge on any atom is -0.343 e. The van der Waals surface area contributed by atoms with Crippen LogP contribution in [-0.4, -0.2) is 18.4 Å². The minimum absolute atomic E-state index is 0.111. The summed E-state index contributed by atoms with van der Waals surface area (Å²) < 4.78 is 38.9. The molecule has 2 amide bonds. The van der Waals surface area contributed by atoms with Gasteiger partial charge < -0.3 is 10.6 Å². The Balaban J connectivity index is 2.03. The van der Waals surface area contributed by atoms with Crippen molar-refractivity contribution in [3.63, 3.8) is 0 Å². The second-order valence-electron chi connectivity index (χ2n) is 4.93. The summed E-state index contributed by atoms with van der Waals surface area (Å²) in [4.78, 5) is 23.7. The van der Waals surface area contributed by atoms with Gasteiger partial charge in [-0.05, 0) is 36.4 Å². The molecule has 0 radical (unpaired) electrons. The van der Waals surface area contributed by atoms with Crippen molar-refractivity contribution in [2.45, 2.75) is 6.18 Å². The van der Waals surface area contributed by atoms with Crippen molar-refractivity contribution in [3.05, 3.63) is 63.6 Å². The molecule has 0 fully saturated rings. The summed E-state index contributed by atoms with van der Waals surface area (Å²) in [5, 5.41) is 4.63. The lowest BCUT2D eigenvalue weighted by atomic mass is 10.1. The van der Waals surface area contributed by atoms with E-state index in [1.54, 1.807) is 12.1 Å². The van der Waals surface area contributed by atoms with Crippen molar-refractivity contribution < 1.29 is 22.8 Å². The predicted octanol–water partition coefficient (Wildman–Crippen LogP) is 4.38. The zero-order valence-corrected chi connectivity index (χ0v) is 14.0. The highest BCUT2D eigenvalue weighted by atomic mass is 35.5. The molecule has 0 saturated heterocycles. The number of carbonyl (C=O) groups excluding carboxylic acids is 2. The van der Waals surface area contributed by atoms with Gasteiger partial charge in [-0.1, -0.05) is 29.3 Å². The Kier molecular flexibility index (Phi) is 5.92. The molecule has 0 aromatic heterocycles. The van der Waals surface area contributed by atoms with Gasteiger partial charge in [-0.3, -0.25) is 9.59 Å². The van der Waals surface area contributed by atoms with E-state index in [9.17, 15) is 22.8 Å². The van der Waals surface area contributed by atoms with Crippen LogP contribution >= 0.6 is 23.2 Å². The van der Waals surface area contributed by atoms with Crippen molar-refractivity contribution in [2.75, 3.05) is 11.9 Å². The molecule has 0 heterocycles. The quantitative estimate of drug-likeness (QED) is 0.813. The van der Waals surface area contributed by atoms with Crippen LogP contribution in [0.15, 0.2) is 42.5 Å². The fraction of sp³-hybridized carbons (Fsp3) is 0.125. The van der Waals surface area contributed by atoms with Gasteiger partial charge in [0.2, 0.25) is 5.91 Å². The van der Waals surface area contributed by atoms with Gasteiger partial charge >= 0.3 is 6.18 Å². The molecule has 0 atom stereocenters. The van der Waals surface area contributed by atoms with E-state index in [0.29, 0.717) is 11.1 Å². The number of amides is 2. The van der Waals surface area contributed by atoms with E-state index in [1.807, 2.05) is 0 Å². The minimum atomic E-state index is -4.68. The summed E-state index contributed by atoms with van der Waals surface area (Å²) in [7, 11) is 0. The summed E-state index contributed by atoms with van der Waals surface area (Å²) in [6.07, 6.45) is -4.68. The van der Waals surface area contributed by atoms with Crippen molar-refractivity contribution in [2.24, 2.45) is 0 Å². The number of rotatable bonds is 4. The van der Waals surface area contributed by atoms with Gasteiger partial charge in [0.1, 0.15) is 0 Å². The van der Waals surface area contributed by atoms with Crippen LogP contribution in [0.2, 0.25) is 10.0 Å². The molecule has 0 spiro atoms. The summed E-state index contributed by atoms with van der Waals surface area (Å²) in [6.45, 7) is -0.509. The standard InChI is InChI=1S/C16H11Cl2F3N2O2/c17-10-3-1-2-9(6-10)15(25)22-8-14(24)23-13-5-4-11(18)7-12(13)16(19,20)21/h1-7H,8H2,(H,22,25)(H,23,24). The van der Waals surface area contributed by atoms with Crippen molar-refractivity contribution in [1.82, 2.24) is 5.32 Å². The molecule has 2 aromatic rings. The third-order valence-electron chi connectivity index (χ3n) is 3.06. The van der Waals surface area contributed by atoms with Crippen LogP contribution in [0.1, 0.15) is 15.9 Å². The first-order chi connectivity index (χ1) is 11.7. The second-order valence-corrected chi connectivity index (χ2v) is 5.80. The Morgan fingerprint density at radius 1 is 1.00 bits per heavy atom. The van der Waals surface area contributed by atoms with Crippen LogP contribution < -0.4 is 10.6 Å². The Morgan fingerprint density at radius 3 is 2.32 bits per heavy atom. The molecule has 2 aromatic carbocycles. The molecular weight excluding hydrogens is 380 g/mol. The Bertz CT molecular complexity index is 810. The number of anilines is 1. The van der Waals surface area contributed by atoms with Gasteiger partial charge in [-0.2, -0.15) is 13.2 Å². The molecule has 0 aliphatic rings. The number of halogens is 5. The molecule has 0 bridgehead atoms. The van der Waals surface area contributed by atoms with Crippen LogP contribution in [0, 0.1) is 0 Å². The van der Waals surface area contributed by atoms with Crippen molar-refractivity contribution in [1.29, 1.82) is 0 Å². The maximum atomic E-state index is 13.0. The monoisotopic (exact) mass is 390 g/mol. The molecular formula is C16H11Cl2F3N2O2. The summed E-state index contributed by atoms with van der Waals surface area (Å²) in [5.41, 5.74) is -1.30. The number of hydrogen-bond donors (Lipinski definition) is 2. The van der Waals surface area contributed by atoms with Crippen LogP contribution in [0.4, 0.5) is 18.9 Å². The van der Waals surface area contributed by atoms with E-state index in [1.165, 1.54) is 18.2 Å². The average Bonchev–Trinajstić information content (AvgIpc) is 2.53. The molecule has 0 saturated carbocycles. The van der Waals surface area contributed by atoms with Crippen molar-refractivity contribution in [3.8, 4) is 0 Å². The third-order valence-corrected chi connectivity index (χ3v) is 3.53. The van der Waals surface area contributed by atoms with Crippen molar-refractivity contribution >= 4 is 40.7 Å². The lowest BCUT2D eigenvalue weighted by molar-refractivity contribution is -0.137. The molecule has 4 nitrogen and oxygen atoms in total. The number of benzene rings is 2. The Hall–Kier alpha value is -2.25. The molecule has 132 valence electrons. The summed E-state index contributed by atoms with van der Waals surface area (Å²) in [5.74, 6) is -1.40. The number of alkyl halides is 3. The normalized spacial score (nSPS) is 11.1. The molecule has 9 heteroatoms. The SMILES string of the molecule is O=C(CNC(=O)c1cccc(Cl)c1)Nc1ccc(Cl)cc1C(F)(F)F. The molecule has 2 N–H and O–H groups in total. The highest BCUT2D eigenvalue weighted by molar-refractivity contribution is 6.31. The predicted molar refractivity (Wildman–Crippen MR) is 88.9 cm³/mol. The zero-order valence-electron chi connectivity index (χ0n) is 12.5. The van der Waals surface area contributed by atoms with E-state index in [-0.39, 0.29) is 10.6 Å². The first kappa shape index (κ1) is 19.1. The van der Waals surface area contributed by atoms with Gasteiger partial charge in [0.25, 0.3) is 5.91 Å². The Morgan fingerprint density at radius 2 is 1.68 bits per heavy atom. The molecule has 0 aliphatic heterocycles. The maximum Gasteiger partial charge on any atom is 0.418 e. The van der Waals surface area contributed by atoms with Crippen LogP contribution in [0.25, 0.3) is 0 Å². The smallest absolute Gasteiger partial charge is 0.343 e. The molecule has 0 unspecified atom stereocenters. The first-order valence-electron chi connectivity index (χ1n) is 6.87. The first-order valence-corrected chi connectivity index (χ1v) is 7.63. The van der Waals surface area contributed by atoms with Gasteiger partial charge in [0, 0.05) is 15.6 Å². The van der Waals surface area contributed by atoms with E-state index < -0.39 is 35.8 Å². The fourth-order valence-electron chi connectivity index (χ4n) is 1.95. The van der Waals surface area contributed by atoms with E-state index in [0.717, 1.165) is 6.07 Å². The van der Waals surface area contributed by atoms with Gasteiger partial charge in [0.15, 0.2) is 0 Å². The van der Waals surface area contributed by atoms with Crippen LogP contribution in [-0.2, 0) is 11.0 Å². The van der Waals surface area contributed by atoms with Gasteiger partial charge in [-0.25, -0.2) is 0 Å². The van der Waals surface area contributed by atoms with E-state index in [2.05, 4.69) is 10.6 Å². The maximum absolute atomic E-state index is 13.0. The second kappa shape index (κ2) is 7.76. The highest BCUT2D eigenvalue weighted by Gasteiger charge is 2.34. The fourth-order valence-corrected chi connectivity index (χ4v) is 2.31. The molecule has 2 rings (SSSR count). The molecule has 25 heavy (non-hydrogen) atoms. The van der Waals surface area contributed by atoms with Crippen LogP contribution in [0.3, 0.4) is 0 Å². The summed E-state index contributed by atoms with van der Waals surface area (Å²) in [6, 6.07) is 8.99. The lowest BCUT2D eigenvalue weighted by Gasteiger charge is -2.14. The van der Waals surface area contributed by atoms with Gasteiger partial charge in [0.05, 0.1) is 17.8 Å². The third kappa shape index (κ3) is 5.37. The number of nitrogens with one attached hydrogen (secondary N) is 2. The zero-order chi connectivity index (χ0) is 18.6. The largest absolute Gasteiger partial charge is 0.418 e.